The van der Waals surface area contributed by atoms with Gasteiger partial charge < -0.3 is 5.32 Å². The van der Waals surface area contributed by atoms with Gasteiger partial charge >= 0.3 is 0 Å². The predicted octanol–water partition coefficient (Wildman–Crippen LogP) is 2.19. The third-order valence-electron chi connectivity index (χ3n) is 3.13. The van der Waals surface area contributed by atoms with E-state index in [9.17, 15) is 9.59 Å². The second-order valence-corrected chi connectivity index (χ2v) is 5.75. The maximum Gasteiger partial charge on any atom is 0.261 e. The number of anilines is 1. The van der Waals surface area contributed by atoms with Gasteiger partial charge in [-0.3, -0.25) is 9.59 Å². The SMILES string of the molecule is CCCC1C(=O)Nc2cc(C(C)(C)C)nn2C1=O. The van der Waals surface area contributed by atoms with E-state index in [0.29, 0.717) is 12.2 Å². The van der Waals surface area contributed by atoms with E-state index in [1.165, 1.54) is 4.68 Å². The predicted molar refractivity (Wildman–Crippen MR) is 68.6 cm³/mol. The van der Waals surface area contributed by atoms with Crippen molar-refractivity contribution in [2.45, 2.75) is 46.0 Å². The molecule has 0 aliphatic carbocycles. The number of carbonyl (C=O) groups excluding carboxylic acids is 2. The molecule has 2 heterocycles. The molecule has 0 fully saturated rings. The first kappa shape index (κ1) is 12.8. The summed E-state index contributed by atoms with van der Waals surface area (Å²) in [5.74, 6) is -0.543. The van der Waals surface area contributed by atoms with Gasteiger partial charge in [0.1, 0.15) is 11.7 Å². The van der Waals surface area contributed by atoms with Crippen LogP contribution in [0.1, 0.15) is 51.0 Å². The van der Waals surface area contributed by atoms with Gasteiger partial charge in [-0.1, -0.05) is 34.1 Å². The monoisotopic (exact) mass is 249 g/mol. The topological polar surface area (TPSA) is 64.0 Å². The van der Waals surface area contributed by atoms with E-state index in [2.05, 4.69) is 10.4 Å². The van der Waals surface area contributed by atoms with Gasteiger partial charge in [0.25, 0.3) is 5.91 Å². The molecule has 0 aromatic carbocycles. The molecule has 5 nitrogen and oxygen atoms in total. The van der Waals surface area contributed by atoms with Gasteiger partial charge in [-0.2, -0.15) is 9.78 Å². The van der Waals surface area contributed by atoms with Crippen LogP contribution in [0.4, 0.5) is 5.82 Å². The van der Waals surface area contributed by atoms with Gasteiger partial charge in [0.05, 0.1) is 5.69 Å². The first-order chi connectivity index (χ1) is 8.34. The fourth-order valence-electron chi connectivity index (χ4n) is 2.02. The third-order valence-corrected chi connectivity index (χ3v) is 3.13. The molecule has 0 spiro atoms. The average molecular weight is 249 g/mol. The maximum absolute atomic E-state index is 12.2. The number of rotatable bonds is 2. The van der Waals surface area contributed by atoms with Crippen molar-refractivity contribution in [3.8, 4) is 0 Å². The Morgan fingerprint density at radius 1 is 1.39 bits per heavy atom. The molecule has 0 radical (unpaired) electrons. The molecule has 0 saturated carbocycles. The second-order valence-electron chi connectivity index (χ2n) is 5.75. The minimum absolute atomic E-state index is 0.143. The lowest BCUT2D eigenvalue weighted by Gasteiger charge is -2.21. The van der Waals surface area contributed by atoms with Gasteiger partial charge in [-0.25, -0.2) is 0 Å². The summed E-state index contributed by atoms with van der Waals surface area (Å²) in [7, 11) is 0. The van der Waals surface area contributed by atoms with Crippen LogP contribution in [-0.2, 0) is 10.2 Å². The molecule has 0 bridgehead atoms. The van der Waals surface area contributed by atoms with Crippen LogP contribution in [0.15, 0.2) is 6.07 Å². The summed E-state index contributed by atoms with van der Waals surface area (Å²) in [6.45, 7) is 8.03. The summed E-state index contributed by atoms with van der Waals surface area (Å²) in [6, 6.07) is 1.78. The lowest BCUT2D eigenvalue weighted by atomic mass is 9.92. The molecule has 1 aliphatic rings. The summed E-state index contributed by atoms with van der Waals surface area (Å²) >= 11 is 0. The van der Waals surface area contributed by atoms with Crippen LogP contribution in [0.5, 0.6) is 0 Å². The molecule has 1 unspecified atom stereocenters. The Morgan fingerprint density at radius 3 is 2.61 bits per heavy atom. The molecule has 1 atom stereocenters. The number of nitrogens with one attached hydrogen (secondary N) is 1. The summed E-state index contributed by atoms with van der Waals surface area (Å²) in [5, 5.41) is 7.08. The number of hydrogen-bond donors (Lipinski definition) is 1. The minimum atomic E-state index is -0.602. The molecule has 18 heavy (non-hydrogen) atoms. The highest BCUT2D eigenvalue weighted by atomic mass is 16.2. The molecule has 98 valence electrons. The van der Waals surface area contributed by atoms with E-state index < -0.39 is 5.92 Å². The van der Waals surface area contributed by atoms with Crippen molar-refractivity contribution in [2.24, 2.45) is 5.92 Å². The van der Waals surface area contributed by atoms with Gasteiger partial charge in [0, 0.05) is 11.5 Å². The van der Waals surface area contributed by atoms with Crippen LogP contribution in [-0.4, -0.2) is 21.6 Å². The Kier molecular flexibility index (Phi) is 3.00. The Hall–Kier alpha value is -1.65. The van der Waals surface area contributed by atoms with E-state index >= 15 is 0 Å². The molecule has 1 amide bonds. The number of fused-ring (bicyclic) bond motifs is 1. The molecular formula is C13H19N3O2. The largest absolute Gasteiger partial charge is 0.310 e. The zero-order valence-electron chi connectivity index (χ0n) is 11.3. The van der Waals surface area contributed by atoms with Crippen LogP contribution in [0.3, 0.4) is 0 Å². The first-order valence-corrected chi connectivity index (χ1v) is 6.30. The maximum atomic E-state index is 12.2. The van der Waals surface area contributed by atoms with Crippen LogP contribution in [0, 0.1) is 5.92 Å². The Labute approximate surface area is 107 Å². The standard InChI is InChI=1S/C13H19N3O2/c1-5-6-8-11(17)14-10-7-9(13(2,3)4)15-16(10)12(8)18/h7-8H,5-6H2,1-4H3,(H,14,17). The van der Waals surface area contributed by atoms with Gasteiger partial charge in [0.15, 0.2) is 0 Å². The third kappa shape index (κ3) is 2.05. The van der Waals surface area contributed by atoms with Crippen molar-refractivity contribution in [2.75, 3.05) is 5.32 Å². The molecule has 1 aromatic rings. The first-order valence-electron chi connectivity index (χ1n) is 6.30. The van der Waals surface area contributed by atoms with Gasteiger partial charge in [0.2, 0.25) is 5.91 Å². The van der Waals surface area contributed by atoms with Crippen LogP contribution in [0.25, 0.3) is 0 Å². The fourth-order valence-corrected chi connectivity index (χ4v) is 2.02. The van der Waals surface area contributed by atoms with E-state index in [0.717, 1.165) is 12.1 Å². The number of amides is 1. The summed E-state index contributed by atoms with van der Waals surface area (Å²) in [5.41, 5.74) is 0.665. The highest BCUT2D eigenvalue weighted by Crippen LogP contribution is 2.28. The molecule has 1 aromatic heterocycles. The van der Waals surface area contributed by atoms with Crippen molar-refractivity contribution < 1.29 is 9.59 Å². The Morgan fingerprint density at radius 2 is 2.06 bits per heavy atom. The molecule has 5 heteroatoms. The number of nitrogens with zero attached hydrogens (tertiary/aromatic N) is 2. The Balaban J connectivity index is 2.40. The van der Waals surface area contributed by atoms with Crippen molar-refractivity contribution in [1.29, 1.82) is 0 Å². The average Bonchev–Trinajstić information content (AvgIpc) is 2.67. The zero-order chi connectivity index (χ0) is 13.5. The lowest BCUT2D eigenvalue weighted by Crippen LogP contribution is -2.39. The number of aromatic nitrogens is 2. The molecule has 1 N–H and O–H groups in total. The summed E-state index contributed by atoms with van der Waals surface area (Å²) in [4.78, 5) is 24.0. The number of carbonyl (C=O) groups is 2. The van der Waals surface area contributed by atoms with E-state index in [4.69, 9.17) is 0 Å². The number of hydrogen-bond acceptors (Lipinski definition) is 3. The second kappa shape index (κ2) is 4.23. The van der Waals surface area contributed by atoms with Crippen molar-refractivity contribution >= 4 is 17.6 Å². The summed E-state index contributed by atoms with van der Waals surface area (Å²) < 4.78 is 1.34. The van der Waals surface area contributed by atoms with Crippen molar-refractivity contribution in [1.82, 2.24) is 9.78 Å². The van der Waals surface area contributed by atoms with E-state index in [-0.39, 0.29) is 17.2 Å². The highest BCUT2D eigenvalue weighted by molar-refractivity contribution is 6.11. The molecule has 0 saturated heterocycles. The smallest absolute Gasteiger partial charge is 0.261 e. The highest BCUT2D eigenvalue weighted by Gasteiger charge is 2.35. The lowest BCUT2D eigenvalue weighted by molar-refractivity contribution is -0.119. The Bertz CT molecular complexity index is 497. The molecule has 1 aliphatic heterocycles. The quantitative estimate of drug-likeness (QED) is 0.817. The minimum Gasteiger partial charge on any atom is -0.310 e. The van der Waals surface area contributed by atoms with Crippen LogP contribution >= 0.6 is 0 Å². The normalized spacial score (nSPS) is 19.7. The van der Waals surface area contributed by atoms with Crippen molar-refractivity contribution in [3.63, 3.8) is 0 Å². The van der Waals surface area contributed by atoms with Crippen LogP contribution < -0.4 is 5.32 Å². The fraction of sp³-hybridized carbons (Fsp3) is 0.615. The van der Waals surface area contributed by atoms with Gasteiger partial charge in [-0.05, 0) is 6.42 Å². The molecular weight excluding hydrogens is 230 g/mol. The summed E-state index contributed by atoms with van der Waals surface area (Å²) in [6.07, 6.45) is 1.36. The van der Waals surface area contributed by atoms with E-state index in [1.54, 1.807) is 6.07 Å². The molecule has 2 rings (SSSR count). The van der Waals surface area contributed by atoms with Crippen molar-refractivity contribution in [3.05, 3.63) is 11.8 Å². The zero-order valence-corrected chi connectivity index (χ0v) is 11.3. The van der Waals surface area contributed by atoms with Crippen LogP contribution in [0.2, 0.25) is 0 Å². The van der Waals surface area contributed by atoms with Gasteiger partial charge in [-0.15, -0.1) is 0 Å². The van der Waals surface area contributed by atoms with E-state index in [1.807, 2.05) is 27.7 Å².